The Morgan fingerprint density at radius 2 is 2.15 bits per heavy atom. The van der Waals surface area contributed by atoms with Gasteiger partial charge in [0, 0.05) is 19.1 Å². The Morgan fingerprint density at radius 3 is 2.62 bits per heavy atom. The highest BCUT2D eigenvalue weighted by Gasteiger charge is 2.24. The van der Waals surface area contributed by atoms with E-state index in [2.05, 4.69) is 11.8 Å². The minimum absolute atomic E-state index is 0.124. The number of nitrogens with zero attached hydrogens (tertiary/aromatic N) is 1. The van der Waals surface area contributed by atoms with Crippen molar-refractivity contribution in [1.29, 1.82) is 0 Å². The number of hydrogen-bond acceptors (Lipinski definition) is 3. The largest absolute Gasteiger partial charge is 0.392 e. The smallest absolute Gasteiger partial charge is 0.0679 e. The van der Waals surface area contributed by atoms with Crippen LogP contribution in [-0.2, 0) is 4.74 Å². The van der Waals surface area contributed by atoms with Gasteiger partial charge in [-0.15, -0.1) is 0 Å². The molecule has 2 atom stereocenters. The van der Waals surface area contributed by atoms with Crippen molar-refractivity contribution in [3.05, 3.63) is 0 Å². The lowest BCUT2D eigenvalue weighted by atomic mass is 10.3. The monoisotopic (exact) mass is 187 g/mol. The summed E-state index contributed by atoms with van der Waals surface area (Å²) >= 11 is 0. The lowest BCUT2D eigenvalue weighted by molar-refractivity contribution is 0.0334. The van der Waals surface area contributed by atoms with Crippen LogP contribution >= 0.6 is 0 Å². The van der Waals surface area contributed by atoms with Crippen LogP contribution in [0.5, 0.6) is 0 Å². The van der Waals surface area contributed by atoms with E-state index in [4.69, 9.17) is 4.74 Å². The molecule has 0 aromatic heterocycles. The van der Waals surface area contributed by atoms with Gasteiger partial charge in [-0.1, -0.05) is 0 Å². The standard InChI is InChI=1S/C10H21NO2/c1-8(2)13-7-9(3)11-5-4-10(12)6-11/h8-10,12H,4-7H2,1-3H3/t9?,10-/m0/s1. The van der Waals surface area contributed by atoms with Gasteiger partial charge in [-0.25, -0.2) is 0 Å². The van der Waals surface area contributed by atoms with Crippen LogP contribution in [0.25, 0.3) is 0 Å². The first-order chi connectivity index (χ1) is 6.09. The number of ether oxygens (including phenoxy) is 1. The molecule has 1 saturated heterocycles. The Kier molecular flexibility index (Phi) is 4.16. The predicted octanol–water partition coefficient (Wildman–Crippen LogP) is 0.866. The van der Waals surface area contributed by atoms with Crippen molar-refractivity contribution in [1.82, 2.24) is 4.90 Å². The molecule has 0 aliphatic carbocycles. The fourth-order valence-electron chi connectivity index (χ4n) is 1.61. The summed E-state index contributed by atoms with van der Waals surface area (Å²) in [5.74, 6) is 0. The van der Waals surface area contributed by atoms with Crippen LogP contribution in [0.2, 0.25) is 0 Å². The molecule has 0 radical (unpaired) electrons. The van der Waals surface area contributed by atoms with Gasteiger partial charge in [0.25, 0.3) is 0 Å². The summed E-state index contributed by atoms with van der Waals surface area (Å²) in [5, 5.41) is 9.34. The fourth-order valence-corrected chi connectivity index (χ4v) is 1.61. The van der Waals surface area contributed by atoms with E-state index in [0.29, 0.717) is 12.1 Å². The molecule has 1 rings (SSSR count). The van der Waals surface area contributed by atoms with E-state index in [1.807, 2.05) is 13.8 Å². The van der Waals surface area contributed by atoms with Crippen molar-refractivity contribution in [3.63, 3.8) is 0 Å². The molecule has 1 N–H and O–H groups in total. The summed E-state index contributed by atoms with van der Waals surface area (Å²) in [4.78, 5) is 2.28. The van der Waals surface area contributed by atoms with Crippen LogP contribution in [-0.4, -0.2) is 48.0 Å². The molecule has 3 heteroatoms. The molecule has 1 aliphatic rings. The normalized spacial score (nSPS) is 27.0. The van der Waals surface area contributed by atoms with Gasteiger partial charge in [0.2, 0.25) is 0 Å². The van der Waals surface area contributed by atoms with Crippen LogP contribution in [0.4, 0.5) is 0 Å². The van der Waals surface area contributed by atoms with Crippen molar-refractivity contribution >= 4 is 0 Å². The Balaban J connectivity index is 2.19. The SMILES string of the molecule is CC(C)OCC(C)N1CC[C@H](O)C1. The number of aliphatic hydroxyl groups excluding tert-OH is 1. The topological polar surface area (TPSA) is 32.7 Å². The highest BCUT2D eigenvalue weighted by Crippen LogP contribution is 2.12. The van der Waals surface area contributed by atoms with E-state index in [9.17, 15) is 5.11 Å². The minimum Gasteiger partial charge on any atom is -0.392 e. The molecule has 0 bridgehead atoms. The predicted molar refractivity (Wildman–Crippen MR) is 52.7 cm³/mol. The van der Waals surface area contributed by atoms with Gasteiger partial charge >= 0.3 is 0 Å². The van der Waals surface area contributed by atoms with Crippen LogP contribution in [0, 0.1) is 0 Å². The van der Waals surface area contributed by atoms with Crippen molar-refractivity contribution in [3.8, 4) is 0 Å². The van der Waals surface area contributed by atoms with Crippen molar-refractivity contribution in [2.75, 3.05) is 19.7 Å². The number of hydrogen-bond donors (Lipinski definition) is 1. The van der Waals surface area contributed by atoms with Gasteiger partial charge in [-0.2, -0.15) is 0 Å². The first kappa shape index (κ1) is 11.0. The molecule has 13 heavy (non-hydrogen) atoms. The minimum atomic E-state index is -0.124. The van der Waals surface area contributed by atoms with Crippen molar-refractivity contribution in [2.45, 2.75) is 45.4 Å². The van der Waals surface area contributed by atoms with Gasteiger partial charge in [0.05, 0.1) is 18.8 Å². The van der Waals surface area contributed by atoms with E-state index in [1.54, 1.807) is 0 Å². The van der Waals surface area contributed by atoms with Gasteiger partial charge in [0.15, 0.2) is 0 Å². The quantitative estimate of drug-likeness (QED) is 0.708. The lowest BCUT2D eigenvalue weighted by Gasteiger charge is -2.24. The summed E-state index contributed by atoms with van der Waals surface area (Å²) < 4.78 is 5.53. The van der Waals surface area contributed by atoms with E-state index >= 15 is 0 Å². The van der Waals surface area contributed by atoms with Crippen molar-refractivity contribution < 1.29 is 9.84 Å². The van der Waals surface area contributed by atoms with Gasteiger partial charge in [0.1, 0.15) is 0 Å². The van der Waals surface area contributed by atoms with Crippen molar-refractivity contribution in [2.24, 2.45) is 0 Å². The second kappa shape index (κ2) is 4.94. The van der Waals surface area contributed by atoms with E-state index in [0.717, 1.165) is 26.1 Å². The summed E-state index contributed by atoms with van der Waals surface area (Å²) in [6, 6.07) is 0.430. The summed E-state index contributed by atoms with van der Waals surface area (Å²) in [5.41, 5.74) is 0. The molecular weight excluding hydrogens is 166 g/mol. The molecule has 3 nitrogen and oxygen atoms in total. The maximum absolute atomic E-state index is 9.34. The first-order valence-electron chi connectivity index (χ1n) is 5.13. The molecule has 0 aromatic rings. The molecule has 78 valence electrons. The number of likely N-dealkylation sites (tertiary alicyclic amines) is 1. The third kappa shape index (κ3) is 3.63. The van der Waals surface area contributed by atoms with Gasteiger partial charge in [-0.3, -0.25) is 4.90 Å². The lowest BCUT2D eigenvalue weighted by Crippen LogP contribution is -2.35. The average molecular weight is 187 g/mol. The Labute approximate surface area is 80.7 Å². The van der Waals surface area contributed by atoms with E-state index in [-0.39, 0.29) is 6.10 Å². The Morgan fingerprint density at radius 1 is 1.46 bits per heavy atom. The van der Waals surface area contributed by atoms with Crippen LogP contribution in [0.3, 0.4) is 0 Å². The summed E-state index contributed by atoms with van der Waals surface area (Å²) in [7, 11) is 0. The number of β-amino-alcohol motifs (C(OH)–C–C–N with tert-alkyl or cyclic N) is 1. The summed E-state index contributed by atoms with van der Waals surface area (Å²) in [6.45, 7) is 8.83. The highest BCUT2D eigenvalue weighted by molar-refractivity contribution is 4.78. The molecule has 0 aromatic carbocycles. The summed E-state index contributed by atoms with van der Waals surface area (Å²) in [6.07, 6.45) is 1.09. The first-order valence-corrected chi connectivity index (χ1v) is 5.13. The van der Waals surface area contributed by atoms with Gasteiger partial charge in [-0.05, 0) is 27.2 Å². The van der Waals surface area contributed by atoms with E-state index < -0.39 is 0 Å². The average Bonchev–Trinajstić information content (AvgIpc) is 2.47. The Bertz CT molecular complexity index is 150. The second-order valence-electron chi connectivity index (χ2n) is 4.17. The van der Waals surface area contributed by atoms with E-state index in [1.165, 1.54) is 0 Å². The molecule has 1 aliphatic heterocycles. The highest BCUT2D eigenvalue weighted by atomic mass is 16.5. The molecule has 1 fully saturated rings. The fraction of sp³-hybridized carbons (Fsp3) is 1.00. The molecule has 0 amide bonds. The zero-order valence-corrected chi connectivity index (χ0v) is 8.86. The van der Waals surface area contributed by atoms with Crippen LogP contribution in [0.1, 0.15) is 27.2 Å². The Hall–Kier alpha value is -0.120. The molecule has 0 saturated carbocycles. The van der Waals surface area contributed by atoms with Crippen LogP contribution in [0.15, 0.2) is 0 Å². The molecule has 1 heterocycles. The zero-order chi connectivity index (χ0) is 9.84. The number of rotatable bonds is 4. The van der Waals surface area contributed by atoms with Crippen LogP contribution < -0.4 is 0 Å². The third-order valence-corrected chi connectivity index (χ3v) is 2.49. The maximum Gasteiger partial charge on any atom is 0.0679 e. The van der Waals surface area contributed by atoms with Gasteiger partial charge < -0.3 is 9.84 Å². The number of aliphatic hydroxyl groups is 1. The molecule has 0 spiro atoms. The molecular formula is C10H21NO2. The molecule has 1 unspecified atom stereocenters. The third-order valence-electron chi connectivity index (χ3n) is 2.49. The second-order valence-corrected chi connectivity index (χ2v) is 4.17. The zero-order valence-electron chi connectivity index (χ0n) is 8.86. The maximum atomic E-state index is 9.34.